The van der Waals surface area contributed by atoms with Crippen LogP contribution in [0, 0.1) is 11.7 Å². The number of hydrogen-bond acceptors (Lipinski definition) is 4. The summed E-state index contributed by atoms with van der Waals surface area (Å²) in [6, 6.07) is 4.62. The van der Waals surface area contributed by atoms with E-state index in [1.54, 1.807) is 25.2 Å². The molecule has 0 bridgehead atoms. The monoisotopic (exact) mass is 287 g/mol. The van der Waals surface area contributed by atoms with Crippen molar-refractivity contribution in [1.29, 1.82) is 0 Å². The highest BCUT2D eigenvalue weighted by Crippen LogP contribution is 2.34. The van der Waals surface area contributed by atoms with Gasteiger partial charge in [-0.15, -0.1) is 0 Å². The van der Waals surface area contributed by atoms with Crippen molar-refractivity contribution in [2.45, 2.75) is 12.5 Å². The number of sulfone groups is 1. The van der Waals surface area contributed by atoms with Gasteiger partial charge >= 0.3 is 0 Å². The molecule has 2 atom stereocenters. The fourth-order valence-corrected chi connectivity index (χ4v) is 4.50. The lowest BCUT2D eigenvalue weighted by atomic mass is 9.92. The molecule has 6 heteroatoms. The van der Waals surface area contributed by atoms with E-state index >= 15 is 0 Å². The molecule has 0 saturated carbocycles. The number of benzene rings is 1. The van der Waals surface area contributed by atoms with Crippen LogP contribution in [0.4, 0.5) is 4.39 Å². The molecule has 106 valence electrons. The average molecular weight is 287 g/mol. The predicted molar refractivity (Wildman–Crippen MR) is 71.5 cm³/mol. The lowest BCUT2D eigenvalue weighted by molar-refractivity contribution is 0.365. The Morgan fingerprint density at radius 1 is 1.47 bits per heavy atom. The third-order valence-electron chi connectivity index (χ3n) is 3.60. The smallest absolute Gasteiger partial charge is 0.169 e. The van der Waals surface area contributed by atoms with Gasteiger partial charge in [0.1, 0.15) is 0 Å². The highest BCUT2D eigenvalue weighted by atomic mass is 32.2. The number of ether oxygens (including phenoxy) is 1. The molecule has 2 unspecified atom stereocenters. The summed E-state index contributed by atoms with van der Waals surface area (Å²) in [5.74, 6) is -0.0554. The minimum Gasteiger partial charge on any atom is -0.494 e. The Morgan fingerprint density at radius 2 is 2.21 bits per heavy atom. The summed E-state index contributed by atoms with van der Waals surface area (Å²) in [5.41, 5.74) is 0.462. The van der Waals surface area contributed by atoms with Gasteiger partial charge < -0.3 is 10.1 Å². The maximum Gasteiger partial charge on any atom is 0.169 e. The Morgan fingerprint density at radius 3 is 2.74 bits per heavy atom. The van der Waals surface area contributed by atoms with Crippen LogP contribution in [0.15, 0.2) is 18.2 Å². The fourth-order valence-electron chi connectivity index (χ4n) is 2.66. The molecule has 1 fully saturated rings. The molecule has 0 aromatic heterocycles. The van der Waals surface area contributed by atoms with E-state index in [1.807, 2.05) is 0 Å². The summed E-state index contributed by atoms with van der Waals surface area (Å²) >= 11 is 0. The third-order valence-corrected chi connectivity index (χ3v) is 5.39. The van der Waals surface area contributed by atoms with Gasteiger partial charge in [0.2, 0.25) is 0 Å². The maximum atomic E-state index is 14.2. The second-order valence-electron chi connectivity index (χ2n) is 4.79. The highest BCUT2D eigenvalue weighted by Gasteiger charge is 2.35. The lowest BCUT2D eigenvalue weighted by Gasteiger charge is -2.23. The van der Waals surface area contributed by atoms with E-state index in [2.05, 4.69) is 5.32 Å². The van der Waals surface area contributed by atoms with Crippen molar-refractivity contribution in [2.75, 3.05) is 25.7 Å². The molecule has 1 aromatic rings. The SMILES string of the molecule is CNC(c1cccc(OC)c1F)C1CCS(=O)(=O)C1. The molecule has 0 amide bonds. The summed E-state index contributed by atoms with van der Waals surface area (Å²) in [5, 5.41) is 3.03. The normalized spacial score (nSPS) is 23.2. The van der Waals surface area contributed by atoms with E-state index in [9.17, 15) is 12.8 Å². The molecule has 1 N–H and O–H groups in total. The molecule has 1 aliphatic heterocycles. The van der Waals surface area contributed by atoms with Crippen LogP contribution < -0.4 is 10.1 Å². The summed E-state index contributed by atoms with van der Waals surface area (Å²) in [6.45, 7) is 0. The molecular weight excluding hydrogens is 269 g/mol. The number of nitrogens with one attached hydrogen (secondary N) is 1. The first-order valence-electron chi connectivity index (χ1n) is 6.18. The van der Waals surface area contributed by atoms with Crippen LogP contribution >= 0.6 is 0 Å². The van der Waals surface area contributed by atoms with Crippen molar-refractivity contribution < 1.29 is 17.5 Å². The quantitative estimate of drug-likeness (QED) is 0.912. The summed E-state index contributed by atoms with van der Waals surface area (Å²) in [7, 11) is 0.149. The number of methoxy groups -OCH3 is 1. The molecule has 1 aliphatic rings. The zero-order chi connectivity index (χ0) is 14.0. The Labute approximate surface area is 112 Å². The van der Waals surface area contributed by atoms with Crippen LogP contribution in [0.25, 0.3) is 0 Å². The van der Waals surface area contributed by atoms with Crippen molar-refractivity contribution in [3.63, 3.8) is 0 Å². The van der Waals surface area contributed by atoms with E-state index in [0.29, 0.717) is 12.0 Å². The van der Waals surface area contributed by atoms with Crippen LogP contribution in [-0.2, 0) is 9.84 Å². The van der Waals surface area contributed by atoms with Crippen molar-refractivity contribution in [2.24, 2.45) is 5.92 Å². The molecule has 0 radical (unpaired) electrons. The fraction of sp³-hybridized carbons (Fsp3) is 0.538. The summed E-state index contributed by atoms with van der Waals surface area (Å²) in [6.07, 6.45) is 0.560. The van der Waals surface area contributed by atoms with E-state index < -0.39 is 15.7 Å². The molecule has 2 rings (SSSR count). The van der Waals surface area contributed by atoms with Gasteiger partial charge in [0.05, 0.1) is 18.6 Å². The second kappa shape index (κ2) is 5.46. The topological polar surface area (TPSA) is 55.4 Å². The number of halogens is 1. The first-order valence-corrected chi connectivity index (χ1v) is 8.00. The van der Waals surface area contributed by atoms with E-state index in [0.717, 1.165) is 0 Å². The standard InChI is InChI=1S/C13H18FNO3S/c1-15-13(9-6-7-19(16,17)8-9)10-4-3-5-11(18-2)12(10)14/h3-5,9,13,15H,6-8H2,1-2H3. The number of hydrogen-bond donors (Lipinski definition) is 1. The van der Waals surface area contributed by atoms with Gasteiger partial charge in [-0.3, -0.25) is 0 Å². The van der Waals surface area contributed by atoms with Gasteiger partial charge in [-0.25, -0.2) is 12.8 Å². The van der Waals surface area contributed by atoms with Crippen LogP contribution in [-0.4, -0.2) is 34.1 Å². The first kappa shape index (κ1) is 14.3. The molecule has 1 aromatic carbocycles. The lowest BCUT2D eigenvalue weighted by Crippen LogP contribution is -2.27. The zero-order valence-corrected chi connectivity index (χ0v) is 11.8. The third kappa shape index (κ3) is 2.90. The molecule has 1 saturated heterocycles. The summed E-state index contributed by atoms with van der Waals surface area (Å²) < 4.78 is 42.3. The minimum atomic E-state index is -2.98. The first-order chi connectivity index (χ1) is 8.98. The van der Waals surface area contributed by atoms with Gasteiger partial charge in [-0.05, 0) is 25.5 Å². The minimum absolute atomic E-state index is 0.100. The largest absolute Gasteiger partial charge is 0.494 e. The molecule has 4 nitrogen and oxygen atoms in total. The van der Waals surface area contributed by atoms with Gasteiger partial charge in [-0.2, -0.15) is 0 Å². The second-order valence-corrected chi connectivity index (χ2v) is 7.02. The van der Waals surface area contributed by atoms with Crippen LogP contribution in [0.3, 0.4) is 0 Å². The van der Waals surface area contributed by atoms with Crippen LogP contribution in [0.1, 0.15) is 18.0 Å². The van der Waals surface area contributed by atoms with Gasteiger partial charge in [0.15, 0.2) is 21.4 Å². The number of rotatable bonds is 4. The van der Waals surface area contributed by atoms with E-state index in [-0.39, 0.29) is 29.2 Å². The highest BCUT2D eigenvalue weighted by molar-refractivity contribution is 7.91. The zero-order valence-electron chi connectivity index (χ0n) is 11.0. The van der Waals surface area contributed by atoms with E-state index in [1.165, 1.54) is 7.11 Å². The van der Waals surface area contributed by atoms with Crippen molar-refractivity contribution in [3.05, 3.63) is 29.6 Å². The van der Waals surface area contributed by atoms with Gasteiger partial charge in [0.25, 0.3) is 0 Å². The Balaban J connectivity index is 2.33. The van der Waals surface area contributed by atoms with E-state index in [4.69, 9.17) is 4.74 Å². The Kier molecular flexibility index (Phi) is 4.10. The van der Waals surface area contributed by atoms with Crippen LogP contribution in [0.2, 0.25) is 0 Å². The van der Waals surface area contributed by atoms with Gasteiger partial charge in [0, 0.05) is 11.6 Å². The van der Waals surface area contributed by atoms with Gasteiger partial charge in [-0.1, -0.05) is 12.1 Å². The van der Waals surface area contributed by atoms with Crippen LogP contribution in [0.5, 0.6) is 5.75 Å². The Hall–Kier alpha value is -1.14. The van der Waals surface area contributed by atoms with Crippen molar-refractivity contribution in [3.8, 4) is 5.75 Å². The van der Waals surface area contributed by atoms with Crippen molar-refractivity contribution in [1.82, 2.24) is 5.32 Å². The molecule has 0 aliphatic carbocycles. The Bertz CT molecular complexity index is 559. The average Bonchev–Trinajstić information content (AvgIpc) is 2.73. The predicted octanol–water partition coefficient (Wildman–Crippen LogP) is 1.53. The summed E-state index contributed by atoms with van der Waals surface area (Å²) in [4.78, 5) is 0. The molecule has 1 heterocycles. The molecule has 0 spiro atoms. The molecule has 19 heavy (non-hydrogen) atoms. The maximum absolute atomic E-state index is 14.2. The molecular formula is C13H18FNO3S. The van der Waals surface area contributed by atoms with Crippen molar-refractivity contribution >= 4 is 9.84 Å².